The third-order valence-corrected chi connectivity index (χ3v) is 5.31. The molecule has 7 nitrogen and oxygen atoms in total. The van der Waals surface area contributed by atoms with E-state index in [4.69, 9.17) is 0 Å². The summed E-state index contributed by atoms with van der Waals surface area (Å²) in [6.45, 7) is 3.22. The molecule has 0 saturated carbocycles. The zero-order chi connectivity index (χ0) is 21.5. The number of fused-ring (bicyclic) bond motifs is 1. The van der Waals surface area contributed by atoms with Crippen molar-refractivity contribution in [1.82, 2.24) is 24.3 Å². The summed E-state index contributed by atoms with van der Waals surface area (Å²) in [5, 5.41) is 16.0. The van der Waals surface area contributed by atoms with E-state index in [0.29, 0.717) is 17.0 Å². The van der Waals surface area contributed by atoms with Gasteiger partial charge >= 0.3 is 0 Å². The first-order valence-electron chi connectivity index (χ1n) is 9.27. The molecule has 0 aliphatic heterocycles. The number of aryl methyl sites for hydroxylation is 1. The molecule has 2 unspecified atom stereocenters. The van der Waals surface area contributed by atoms with Crippen LogP contribution in [0.5, 0.6) is 0 Å². The van der Waals surface area contributed by atoms with E-state index in [1.807, 2.05) is 13.0 Å². The van der Waals surface area contributed by atoms with Crippen molar-refractivity contribution >= 4 is 10.9 Å². The molecule has 154 valence electrons. The minimum atomic E-state index is -1.95. The first-order chi connectivity index (χ1) is 14.3. The van der Waals surface area contributed by atoms with Gasteiger partial charge in [0.1, 0.15) is 29.9 Å². The van der Waals surface area contributed by atoms with Crippen LogP contribution in [0, 0.1) is 18.6 Å². The van der Waals surface area contributed by atoms with Crippen molar-refractivity contribution in [3.05, 3.63) is 88.5 Å². The van der Waals surface area contributed by atoms with Gasteiger partial charge in [-0.25, -0.2) is 23.4 Å². The first kappa shape index (κ1) is 19.8. The standard InChI is InChI=1S/C21H19F2N5O2/c1-13-3-6-19-16(7-13)20(29)28(12-25-19)14(2)21(30,9-27-11-24-10-26-27)17-5-4-15(22)8-18(17)23/h3-8,10-12,14,30H,9H2,1-2H3. The van der Waals surface area contributed by atoms with E-state index >= 15 is 0 Å². The van der Waals surface area contributed by atoms with Gasteiger partial charge in [-0.3, -0.25) is 9.36 Å². The van der Waals surface area contributed by atoms with Gasteiger partial charge in [-0.1, -0.05) is 17.7 Å². The van der Waals surface area contributed by atoms with Gasteiger partial charge in [-0.15, -0.1) is 0 Å². The van der Waals surface area contributed by atoms with Crippen LogP contribution in [0.2, 0.25) is 0 Å². The summed E-state index contributed by atoms with van der Waals surface area (Å²) < 4.78 is 30.8. The van der Waals surface area contributed by atoms with Crippen LogP contribution in [0.1, 0.15) is 24.1 Å². The molecule has 2 aromatic carbocycles. The second-order valence-corrected chi connectivity index (χ2v) is 7.30. The SMILES string of the molecule is Cc1ccc2ncn(C(C)C(O)(Cn3cncn3)c3ccc(F)cc3F)c(=O)c2c1. The Kier molecular flexibility index (Phi) is 4.90. The van der Waals surface area contributed by atoms with Crippen LogP contribution in [0.25, 0.3) is 10.9 Å². The van der Waals surface area contributed by atoms with Crippen molar-refractivity contribution in [3.8, 4) is 0 Å². The molecule has 0 amide bonds. The fourth-order valence-electron chi connectivity index (χ4n) is 3.60. The zero-order valence-electron chi connectivity index (χ0n) is 16.3. The molecule has 0 radical (unpaired) electrons. The topological polar surface area (TPSA) is 85.8 Å². The van der Waals surface area contributed by atoms with Crippen LogP contribution in [0.15, 0.2) is 60.2 Å². The van der Waals surface area contributed by atoms with Crippen LogP contribution in [-0.4, -0.2) is 29.4 Å². The lowest BCUT2D eigenvalue weighted by Crippen LogP contribution is -2.43. The van der Waals surface area contributed by atoms with Crippen LogP contribution in [0.3, 0.4) is 0 Å². The maximum absolute atomic E-state index is 14.7. The highest BCUT2D eigenvalue weighted by Gasteiger charge is 2.41. The average molecular weight is 411 g/mol. The lowest BCUT2D eigenvalue weighted by atomic mass is 9.86. The molecule has 4 rings (SSSR count). The molecule has 0 fully saturated rings. The van der Waals surface area contributed by atoms with Gasteiger partial charge in [0.25, 0.3) is 5.56 Å². The first-order valence-corrected chi connectivity index (χ1v) is 9.27. The van der Waals surface area contributed by atoms with Crippen LogP contribution < -0.4 is 5.56 Å². The molecule has 0 bridgehead atoms. The maximum atomic E-state index is 14.7. The Morgan fingerprint density at radius 1 is 1.17 bits per heavy atom. The maximum Gasteiger partial charge on any atom is 0.261 e. The second kappa shape index (κ2) is 7.42. The molecule has 30 heavy (non-hydrogen) atoms. The van der Waals surface area contributed by atoms with E-state index in [1.165, 1.54) is 34.3 Å². The molecule has 0 aliphatic carbocycles. The van der Waals surface area contributed by atoms with Gasteiger partial charge < -0.3 is 5.11 Å². The fraction of sp³-hybridized carbons (Fsp3) is 0.238. The van der Waals surface area contributed by atoms with Crippen molar-refractivity contribution in [2.75, 3.05) is 0 Å². The summed E-state index contributed by atoms with van der Waals surface area (Å²) in [5.41, 5.74) is -1.09. The van der Waals surface area contributed by atoms with E-state index < -0.39 is 23.3 Å². The van der Waals surface area contributed by atoms with Crippen molar-refractivity contribution in [2.24, 2.45) is 0 Å². The predicted octanol–water partition coefficient (Wildman–Crippen LogP) is 2.72. The summed E-state index contributed by atoms with van der Waals surface area (Å²) >= 11 is 0. The highest BCUT2D eigenvalue weighted by atomic mass is 19.1. The van der Waals surface area contributed by atoms with E-state index in [-0.39, 0.29) is 17.7 Å². The zero-order valence-corrected chi connectivity index (χ0v) is 16.3. The van der Waals surface area contributed by atoms with Crippen LogP contribution in [0.4, 0.5) is 8.78 Å². The Labute approximate surface area is 170 Å². The summed E-state index contributed by atoms with van der Waals surface area (Å²) in [6.07, 6.45) is 3.96. The number of halogens is 2. The van der Waals surface area contributed by atoms with Crippen LogP contribution >= 0.6 is 0 Å². The van der Waals surface area contributed by atoms with Gasteiger partial charge in [-0.2, -0.15) is 5.10 Å². The molecule has 2 aromatic heterocycles. The molecule has 2 atom stereocenters. The molecule has 0 spiro atoms. The monoisotopic (exact) mass is 411 g/mol. The number of hydrogen-bond donors (Lipinski definition) is 1. The van der Waals surface area contributed by atoms with E-state index in [2.05, 4.69) is 15.1 Å². The van der Waals surface area contributed by atoms with Crippen LogP contribution in [-0.2, 0) is 12.1 Å². The molecule has 9 heteroatoms. The number of rotatable bonds is 5. The molecular formula is C21H19F2N5O2. The lowest BCUT2D eigenvalue weighted by molar-refractivity contribution is -0.0343. The van der Waals surface area contributed by atoms with E-state index in [0.717, 1.165) is 11.6 Å². The normalized spacial score (nSPS) is 14.6. The van der Waals surface area contributed by atoms with Gasteiger partial charge in [0.05, 0.1) is 29.8 Å². The molecular weight excluding hydrogens is 392 g/mol. The van der Waals surface area contributed by atoms with Crippen molar-refractivity contribution in [3.63, 3.8) is 0 Å². The highest BCUT2D eigenvalue weighted by Crippen LogP contribution is 2.36. The predicted molar refractivity (Wildman–Crippen MR) is 106 cm³/mol. The molecule has 4 aromatic rings. The Bertz CT molecular complexity index is 1270. The number of benzene rings is 2. The van der Waals surface area contributed by atoms with Gasteiger partial charge in [0.15, 0.2) is 0 Å². The van der Waals surface area contributed by atoms with Crippen molar-refractivity contribution < 1.29 is 13.9 Å². The van der Waals surface area contributed by atoms with Crippen molar-refractivity contribution in [1.29, 1.82) is 0 Å². The number of nitrogens with zero attached hydrogens (tertiary/aromatic N) is 5. The third-order valence-electron chi connectivity index (χ3n) is 5.31. The Morgan fingerprint density at radius 2 is 1.97 bits per heavy atom. The summed E-state index contributed by atoms with van der Waals surface area (Å²) in [5.74, 6) is -1.70. The largest absolute Gasteiger partial charge is 0.381 e. The third kappa shape index (κ3) is 3.37. The second-order valence-electron chi connectivity index (χ2n) is 7.30. The summed E-state index contributed by atoms with van der Waals surface area (Å²) in [6, 6.07) is 7.25. The minimum Gasteiger partial charge on any atom is -0.381 e. The molecule has 0 aliphatic rings. The lowest BCUT2D eigenvalue weighted by Gasteiger charge is -2.35. The van der Waals surface area contributed by atoms with E-state index in [1.54, 1.807) is 19.1 Å². The Hall–Kier alpha value is -3.46. The summed E-state index contributed by atoms with van der Waals surface area (Å²) in [7, 11) is 0. The molecule has 0 saturated heterocycles. The quantitative estimate of drug-likeness (QED) is 0.546. The number of aromatic nitrogens is 5. The minimum absolute atomic E-state index is 0.164. The van der Waals surface area contributed by atoms with Gasteiger partial charge in [0, 0.05) is 11.6 Å². The van der Waals surface area contributed by atoms with E-state index in [9.17, 15) is 18.7 Å². The highest BCUT2D eigenvalue weighted by molar-refractivity contribution is 5.77. The fourth-order valence-corrected chi connectivity index (χ4v) is 3.60. The van der Waals surface area contributed by atoms with Crippen molar-refractivity contribution in [2.45, 2.75) is 32.0 Å². The smallest absolute Gasteiger partial charge is 0.261 e. The summed E-state index contributed by atoms with van der Waals surface area (Å²) in [4.78, 5) is 21.3. The number of hydrogen-bond acceptors (Lipinski definition) is 5. The van der Waals surface area contributed by atoms with Gasteiger partial charge in [0.2, 0.25) is 0 Å². The Morgan fingerprint density at radius 3 is 2.67 bits per heavy atom. The average Bonchev–Trinajstić information content (AvgIpc) is 3.21. The molecule has 2 heterocycles. The molecule has 1 N–H and O–H groups in total. The number of aliphatic hydroxyl groups is 1. The van der Waals surface area contributed by atoms with Gasteiger partial charge in [-0.05, 0) is 32.0 Å². The Balaban J connectivity index is 1.90.